The van der Waals surface area contributed by atoms with E-state index in [-0.39, 0.29) is 17.5 Å². The van der Waals surface area contributed by atoms with E-state index in [9.17, 15) is 18.0 Å². The highest BCUT2D eigenvalue weighted by atomic mass is 19.4. The van der Waals surface area contributed by atoms with Gasteiger partial charge in [-0.05, 0) is 43.5 Å². The number of nitrogens with zero attached hydrogens (tertiary/aromatic N) is 1. The predicted octanol–water partition coefficient (Wildman–Crippen LogP) is 3.13. The molecule has 2 atom stereocenters. The van der Waals surface area contributed by atoms with E-state index >= 15 is 0 Å². The molecule has 20 heavy (non-hydrogen) atoms. The number of nitrogens with one attached hydrogen (secondary N) is 1. The fourth-order valence-corrected chi connectivity index (χ4v) is 2.35. The second-order valence-electron chi connectivity index (χ2n) is 4.82. The second kappa shape index (κ2) is 5.53. The zero-order chi connectivity index (χ0) is 14.8. The minimum atomic E-state index is -4.41. The van der Waals surface area contributed by atoms with Gasteiger partial charge >= 0.3 is 6.18 Å². The van der Waals surface area contributed by atoms with Crippen molar-refractivity contribution in [3.63, 3.8) is 0 Å². The zero-order valence-corrected chi connectivity index (χ0v) is 10.6. The van der Waals surface area contributed by atoms with Gasteiger partial charge in [0.15, 0.2) is 0 Å². The van der Waals surface area contributed by atoms with Crippen molar-refractivity contribution >= 4 is 5.91 Å². The summed E-state index contributed by atoms with van der Waals surface area (Å²) in [5.41, 5.74) is -0.619. The SMILES string of the molecule is N#CC1CCCC1NC(=O)c1ccc(C(F)(F)F)cc1. The molecular formula is C14H13F3N2O. The first-order valence-electron chi connectivity index (χ1n) is 6.29. The highest BCUT2D eigenvalue weighted by Crippen LogP contribution is 2.29. The summed E-state index contributed by atoms with van der Waals surface area (Å²) >= 11 is 0. The van der Waals surface area contributed by atoms with E-state index < -0.39 is 17.6 Å². The maximum Gasteiger partial charge on any atom is 0.416 e. The van der Waals surface area contributed by atoms with Crippen LogP contribution < -0.4 is 5.32 Å². The molecule has 0 spiro atoms. The lowest BCUT2D eigenvalue weighted by Crippen LogP contribution is -2.36. The van der Waals surface area contributed by atoms with Crippen molar-refractivity contribution < 1.29 is 18.0 Å². The summed E-state index contributed by atoms with van der Waals surface area (Å²) < 4.78 is 37.2. The standard InChI is InChI=1S/C14H13F3N2O/c15-14(16,17)11-6-4-9(5-7-11)13(20)19-12-3-1-2-10(12)8-18/h4-7,10,12H,1-3H2,(H,19,20). The lowest BCUT2D eigenvalue weighted by Gasteiger charge is -2.15. The summed E-state index contributed by atoms with van der Waals surface area (Å²) in [6.45, 7) is 0. The first kappa shape index (κ1) is 14.4. The minimum Gasteiger partial charge on any atom is -0.348 e. The lowest BCUT2D eigenvalue weighted by molar-refractivity contribution is -0.137. The fourth-order valence-electron chi connectivity index (χ4n) is 2.35. The van der Waals surface area contributed by atoms with Crippen LogP contribution in [0.3, 0.4) is 0 Å². The van der Waals surface area contributed by atoms with Crippen LogP contribution >= 0.6 is 0 Å². The second-order valence-corrected chi connectivity index (χ2v) is 4.82. The Labute approximate surface area is 114 Å². The molecule has 2 rings (SSSR count). The molecular weight excluding hydrogens is 269 g/mol. The Morgan fingerprint density at radius 1 is 1.25 bits per heavy atom. The Bertz CT molecular complexity index is 531. The Morgan fingerprint density at radius 2 is 1.90 bits per heavy atom. The molecule has 1 aromatic carbocycles. The van der Waals surface area contributed by atoms with Crippen molar-refractivity contribution in [3.8, 4) is 6.07 Å². The van der Waals surface area contributed by atoms with Gasteiger partial charge in [0.2, 0.25) is 0 Å². The number of alkyl halides is 3. The van der Waals surface area contributed by atoms with Crippen LogP contribution in [0.15, 0.2) is 24.3 Å². The molecule has 1 aliphatic rings. The van der Waals surface area contributed by atoms with E-state index in [4.69, 9.17) is 5.26 Å². The third-order valence-electron chi connectivity index (χ3n) is 3.47. The van der Waals surface area contributed by atoms with Crippen LogP contribution in [0.5, 0.6) is 0 Å². The van der Waals surface area contributed by atoms with Gasteiger partial charge in [-0.25, -0.2) is 0 Å². The largest absolute Gasteiger partial charge is 0.416 e. The van der Waals surface area contributed by atoms with E-state index in [1.165, 1.54) is 0 Å². The van der Waals surface area contributed by atoms with Gasteiger partial charge in [-0.3, -0.25) is 4.79 Å². The van der Waals surface area contributed by atoms with E-state index in [1.807, 2.05) is 0 Å². The number of halogens is 3. The van der Waals surface area contributed by atoms with Gasteiger partial charge in [-0.1, -0.05) is 0 Å². The van der Waals surface area contributed by atoms with E-state index in [0.717, 1.165) is 43.5 Å². The van der Waals surface area contributed by atoms with Crippen molar-refractivity contribution in [1.29, 1.82) is 5.26 Å². The summed E-state index contributed by atoms with van der Waals surface area (Å²) in [7, 11) is 0. The van der Waals surface area contributed by atoms with Crippen molar-refractivity contribution in [3.05, 3.63) is 35.4 Å². The average Bonchev–Trinajstić information content (AvgIpc) is 2.85. The van der Waals surface area contributed by atoms with Crippen LogP contribution in [0, 0.1) is 17.2 Å². The highest BCUT2D eigenvalue weighted by molar-refractivity contribution is 5.94. The number of nitriles is 1. The fraction of sp³-hybridized carbons (Fsp3) is 0.429. The summed E-state index contributed by atoms with van der Waals surface area (Å²) in [6.07, 6.45) is -2.07. The van der Waals surface area contributed by atoms with E-state index in [0.29, 0.717) is 0 Å². The molecule has 0 radical (unpaired) electrons. The van der Waals surface area contributed by atoms with Crippen molar-refractivity contribution in [2.75, 3.05) is 0 Å². The summed E-state index contributed by atoms with van der Waals surface area (Å²) in [6, 6.07) is 5.98. The molecule has 1 amide bonds. The molecule has 6 heteroatoms. The normalized spacial score (nSPS) is 22.3. The van der Waals surface area contributed by atoms with Gasteiger partial charge in [0, 0.05) is 11.6 Å². The minimum absolute atomic E-state index is 0.168. The monoisotopic (exact) mass is 282 g/mol. The molecule has 3 nitrogen and oxygen atoms in total. The smallest absolute Gasteiger partial charge is 0.348 e. The molecule has 1 saturated carbocycles. The summed E-state index contributed by atoms with van der Waals surface area (Å²) in [5.74, 6) is -0.653. The van der Waals surface area contributed by atoms with Crippen LogP contribution in [0.4, 0.5) is 13.2 Å². The van der Waals surface area contributed by atoms with Crippen LogP contribution in [0.1, 0.15) is 35.2 Å². The van der Waals surface area contributed by atoms with Gasteiger partial charge in [0.1, 0.15) is 0 Å². The number of amides is 1. The lowest BCUT2D eigenvalue weighted by atomic mass is 10.0. The number of rotatable bonds is 2. The molecule has 0 saturated heterocycles. The molecule has 0 heterocycles. The molecule has 0 aromatic heterocycles. The first-order valence-corrected chi connectivity index (χ1v) is 6.29. The first-order chi connectivity index (χ1) is 9.41. The van der Waals surface area contributed by atoms with Crippen molar-refractivity contribution in [2.45, 2.75) is 31.5 Å². The Morgan fingerprint density at radius 3 is 2.45 bits per heavy atom. The molecule has 1 fully saturated rings. The molecule has 1 aromatic rings. The Kier molecular flexibility index (Phi) is 3.98. The van der Waals surface area contributed by atoms with Gasteiger partial charge < -0.3 is 5.32 Å². The number of hydrogen-bond donors (Lipinski definition) is 1. The molecule has 0 aliphatic heterocycles. The van der Waals surface area contributed by atoms with Crippen LogP contribution in [0.25, 0.3) is 0 Å². The average molecular weight is 282 g/mol. The van der Waals surface area contributed by atoms with Crippen molar-refractivity contribution in [1.82, 2.24) is 5.32 Å². The Balaban J connectivity index is 2.05. The maximum absolute atomic E-state index is 12.4. The Hall–Kier alpha value is -2.03. The van der Waals surface area contributed by atoms with Crippen LogP contribution in [-0.2, 0) is 6.18 Å². The topological polar surface area (TPSA) is 52.9 Å². The third-order valence-corrected chi connectivity index (χ3v) is 3.47. The van der Waals surface area contributed by atoms with E-state index in [2.05, 4.69) is 11.4 Å². The van der Waals surface area contributed by atoms with Gasteiger partial charge in [0.05, 0.1) is 17.6 Å². The maximum atomic E-state index is 12.4. The van der Waals surface area contributed by atoms with Crippen molar-refractivity contribution in [2.24, 2.45) is 5.92 Å². The van der Waals surface area contributed by atoms with E-state index in [1.54, 1.807) is 0 Å². The number of benzene rings is 1. The predicted molar refractivity (Wildman–Crippen MR) is 65.7 cm³/mol. The molecule has 1 aliphatic carbocycles. The number of hydrogen-bond acceptors (Lipinski definition) is 2. The van der Waals surface area contributed by atoms with Crippen LogP contribution in [-0.4, -0.2) is 11.9 Å². The number of carbonyl (C=O) groups is 1. The molecule has 106 valence electrons. The summed E-state index contributed by atoms with van der Waals surface area (Å²) in [5, 5.41) is 11.6. The highest BCUT2D eigenvalue weighted by Gasteiger charge is 2.31. The third kappa shape index (κ3) is 3.10. The number of carbonyl (C=O) groups excluding carboxylic acids is 1. The molecule has 1 N–H and O–H groups in total. The van der Waals surface area contributed by atoms with Gasteiger partial charge in [-0.15, -0.1) is 0 Å². The van der Waals surface area contributed by atoms with Gasteiger partial charge in [-0.2, -0.15) is 18.4 Å². The molecule has 0 bridgehead atoms. The summed E-state index contributed by atoms with van der Waals surface area (Å²) in [4.78, 5) is 11.9. The molecule has 2 unspecified atom stereocenters. The van der Waals surface area contributed by atoms with Crippen LogP contribution in [0.2, 0.25) is 0 Å². The van der Waals surface area contributed by atoms with Gasteiger partial charge in [0.25, 0.3) is 5.91 Å². The quantitative estimate of drug-likeness (QED) is 0.906. The zero-order valence-electron chi connectivity index (χ0n) is 10.6.